The Morgan fingerprint density at radius 3 is 2.57 bits per heavy atom. The summed E-state index contributed by atoms with van der Waals surface area (Å²) in [6, 6.07) is 13.0. The second kappa shape index (κ2) is 5.96. The third-order valence-electron chi connectivity index (χ3n) is 3.45. The molecule has 0 bridgehead atoms. The lowest BCUT2D eigenvalue weighted by Gasteiger charge is -2.18. The second-order valence-corrected chi connectivity index (χ2v) is 5.58. The molecule has 21 heavy (non-hydrogen) atoms. The molecule has 0 aliphatic carbocycles. The van der Waals surface area contributed by atoms with Gasteiger partial charge in [-0.1, -0.05) is 47.5 Å². The summed E-state index contributed by atoms with van der Waals surface area (Å²) in [6.07, 6.45) is 0.870. The minimum absolute atomic E-state index is 0.0855. The first-order valence-corrected chi connectivity index (χ1v) is 7.37. The van der Waals surface area contributed by atoms with E-state index in [0.717, 1.165) is 12.1 Å². The Labute approximate surface area is 133 Å². The van der Waals surface area contributed by atoms with Crippen LogP contribution in [0.2, 0.25) is 10.0 Å². The zero-order valence-electron chi connectivity index (χ0n) is 11.2. The Balaban J connectivity index is 1.71. The van der Waals surface area contributed by atoms with Gasteiger partial charge < -0.3 is 9.64 Å². The van der Waals surface area contributed by atoms with Crippen LogP contribution in [0.3, 0.4) is 0 Å². The number of anilines is 1. The standard InChI is InChI=1S/C16H13Cl2NO2/c17-12-5-3-6-13(18)16(12)21-10-15(20)19-9-8-11-4-1-2-7-14(11)19/h1-7H,8-10H2. The molecule has 0 radical (unpaired) electrons. The summed E-state index contributed by atoms with van der Waals surface area (Å²) in [4.78, 5) is 14.1. The number of carbonyl (C=O) groups excluding carboxylic acids is 1. The van der Waals surface area contributed by atoms with E-state index in [1.165, 1.54) is 5.56 Å². The van der Waals surface area contributed by atoms with Gasteiger partial charge in [0.15, 0.2) is 12.4 Å². The number of ether oxygens (including phenoxy) is 1. The van der Waals surface area contributed by atoms with Crippen LogP contribution in [0, 0.1) is 0 Å². The fourth-order valence-corrected chi connectivity index (χ4v) is 2.94. The molecule has 108 valence electrons. The van der Waals surface area contributed by atoms with E-state index in [4.69, 9.17) is 27.9 Å². The van der Waals surface area contributed by atoms with Crippen molar-refractivity contribution in [2.45, 2.75) is 6.42 Å². The largest absolute Gasteiger partial charge is 0.481 e. The third kappa shape index (κ3) is 2.85. The SMILES string of the molecule is O=C(COc1c(Cl)cccc1Cl)N1CCc2ccccc21. The summed E-state index contributed by atoms with van der Waals surface area (Å²) < 4.78 is 5.50. The number of nitrogens with zero attached hydrogens (tertiary/aromatic N) is 1. The average Bonchev–Trinajstić information content (AvgIpc) is 2.90. The van der Waals surface area contributed by atoms with Gasteiger partial charge in [0.05, 0.1) is 10.0 Å². The number of rotatable bonds is 3. The zero-order chi connectivity index (χ0) is 14.8. The molecule has 0 aromatic heterocycles. The van der Waals surface area contributed by atoms with E-state index in [-0.39, 0.29) is 12.5 Å². The van der Waals surface area contributed by atoms with Crippen LogP contribution < -0.4 is 9.64 Å². The van der Waals surface area contributed by atoms with Gasteiger partial charge in [-0.15, -0.1) is 0 Å². The van der Waals surface area contributed by atoms with E-state index >= 15 is 0 Å². The van der Waals surface area contributed by atoms with Crippen LogP contribution in [-0.2, 0) is 11.2 Å². The summed E-state index contributed by atoms with van der Waals surface area (Å²) >= 11 is 12.0. The Hall–Kier alpha value is -1.71. The van der Waals surface area contributed by atoms with Crippen LogP contribution in [0.25, 0.3) is 0 Å². The Morgan fingerprint density at radius 2 is 1.81 bits per heavy atom. The van der Waals surface area contributed by atoms with Crippen molar-refractivity contribution in [3.8, 4) is 5.75 Å². The second-order valence-electron chi connectivity index (χ2n) is 4.76. The molecule has 2 aromatic rings. The molecule has 0 saturated heterocycles. The predicted molar refractivity (Wildman–Crippen MR) is 84.5 cm³/mol. The van der Waals surface area contributed by atoms with Gasteiger partial charge in [-0.05, 0) is 30.2 Å². The van der Waals surface area contributed by atoms with Crippen LogP contribution in [-0.4, -0.2) is 19.1 Å². The molecular formula is C16H13Cl2NO2. The molecule has 3 nitrogen and oxygen atoms in total. The van der Waals surface area contributed by atoms with Crippen molar-refractivity contribution in [2.75, 3.05) is 18.1 Å². The molecule has 0 atom stereocenters. The highest BCUT2D eigenvalue weighted by molar-refractivity contribution is 6.37. The molecule has 3 rings (SSSR count). The zero-order valence-corrected chi connectivity index (χ0v) is 12.7. The van der Waals surface area contributed by atoms with Crippen molar-refractivity contribution in [1.82, 2.24) is 0 Å². The molecule has 0 saturated carbocycles. The first kappa shape index (κ1) is 14.2. The van der Waals surface area contributed by atoms with Gasteiger partial charge >= 0.3 is 0 Å². The highest BCUT2D eigenvalue weighted by atomic mass is 35.5. The highest BCUT2D eigenvalue weighted by Crippen LogP contribution is 2.33. The van der Waals surface area contributed by atoms with Crippen molar-refractivity contribution >= 4 is 34.8 Å². The van der Waals surface area contributed by atoms with E-state index in [1.54, 1.807) is 23.1 Å². The van der Waals surface area contributed by atoms with E-state index in [0.29, 0.717) is 22.3 Å². The molecular weight excluding hydrogens is 309 g/mol. The van der Waals surface area contributed by atoms with E-state index in [2.05, 4.69) is 0 Å². The highest BCUT2D eigenvalue weighted by Gasteiger charge is 2.24. The molecule has 0 fully saturated rings. The third-order valence-corrected chi connectivity index (χ3v) is 4.04. The predicted octanol–water partition coefficient (Wildman–Crippen LogP) is 3.96. The van der Waals surface area contributed by atoms with Gasteiger partial charge in [0.1, 0.15) is 0 Å². The number of hydrogen-bond donors (Lipinski definition) is 0. The Morgan fingerprint density at radius 1 is 1.10 bits per heavy atom. The Kier molecular flexibility index (Phi) is 4.04. The minimum atomic E-state index is -0.101. The first-order valence-electron chi connectivity index (χ1n) is 6.62. The smallest absolute Gasteiger partial charge is 0.264 e. The summed E-state index contributed by atoms with van der Waals surface area (Å²) in [5.41, 5.74) is 2.14. The maximum absolute atomic E-state index is 12.3. The van der Waals surface area contributed by atoms with E-state index < -0.39 is 0 Å². The number of benzene rings is 2. The van der Waals surface area contributed by atoms with Gasteiger partial charge in [-0.2, -0.15) is 0 Å². The molecule has 5 heteroatoms. The van der Waals surface area contributed by atoms with Gasteiger partial charge in [-0.3, -0.25) is 4.79 Å². The van der Waals surface area contributed by atoms with Crippen LogP contribution in [0.5, 0.6) is 5.75 Å². The molecule has 2 aromatic carbocycles. The van der Waals surface area contributed by atoms with Crippen LogP contribution in [0.4, 0.5) is 5.69 Å². The maximum Gasteiger partial charge on any atom is 0.264 e. The number of halogens is 2. The molecule has 0 unspecified atom stereocenters. The summed E-state index contributed by atoms with van der Waals surface area (Å²) in [7, 11) is 0. The van der Waals surface area contributed by atoms with Crippen LogP contribution >= 0.6 is 23.2 Å². The number of carbonyl (C=O) groups is 1. The quantitative estimate of drug-likeness (QED) is 0.856. The molecule has 1 heterocycles. The van der Waals surface area contributed by atoms with Crippen LogP contribution in [0.1, 0.15) is 5.56 Å². The van der Waals surface area contributed by atoms with Crippen LogP contribution in [0.15, 0.2) is 42.5 Å². The summed E-state index contributed by atoms with van der Waals surface area (Å²) in [5, 5.41) is 0.800. The molecule has 0 N–H and O–H groups in total. The number of para-hydroxylation sites is 2. The minimum Gasteiger partial charge on any atom is -0.481 e. The normalized spacial score (nSPS) is 13.1. The van der Waals surface area contributed by atoms with E-state index in [9.17, 15) is 4.79 Å². The monoisotopic (exact) mass is 321 g/mol. The van der Waals surface area contributed by atoms with Gasteiger partial charge in [0.25, 0.3) is 5.91 Å². The van der Waals surface area contributed by atoms with Crippen molar-refractivity contribution in [2.24, 2.45) is 0 Å². The van der Waals surface area contributed by atoms with Gasteiger partial charge in [-0.25, -0.2) is 0 Å². The molecule has 1 aliphatic heterocycles. The average molecular weight is 322 g/mol. The number of fused-ring (bicyclic) bond motifs is 1. The van der Waals surface area contributed by atoms with E-state index in [1.807, 2.05) is 24.3 Å². The fourth-order valence-electron chi connectivity index (χ4n) is 2.43. The Bertz CT molecular complexity index is 667. The van der Waals surface area contributed by atoms with Gasteiger partial charge in [0, 0.05) is 12.2 Å². The number of hydrogen-bond acceptors (Lipinski definition) is 2. The lowest BCUT2D eigenvalue weighted by molar-refractivity contribution is -0.120. The first-order chi connectivity index (χ1) is 10.2. The number of amides is 1. The molecule has 1 amide bonds. The molecule has 0 spiro atoms. The van der Waals surface area contributed by atoms with Gasteiger partial charge in [0.2, 0.25) is 0 Å². The maximum atomic E-state index is 12.3. The topological polar surface area (TPSA) is 29.5 Å². The van der Waals surface area contributed by atoms with Crippen molar-refractivity contribution in [1.29, 1.82) is 0 Å². The molecule has 1 aliphatic rings. The summed E-state index contributed by atoms with van der Waals surface area (Å²) in [5.74, 6) is 0.248. The fraction of sp³-hybridized carbons (Fsp3) is 0.188. The van der Waals surface area contributed by atoms with Crippen molar-refractivity contribution in [3.63, 3.8) is 0 Å². The lowest BCUT2D eigenvalue weighted by Crippen LogP contribution is -2.33. The summed E-state index contributed by atoms with van der Waals surface area (Å²) in [6.45, 7) is 0.593. The van der Waals surface area contributed by atoms with Crippen molar-refractivity contribution < 1.29 is 9.53 Å². The lowest BCUT2D eigenvalue weighted by atomic mass is 10.2. The van der Waals surface area contributed by atoms with Crippen molar-refractivity contribution in [3.05, 3.63) is 58.1 Å².